The number of ether oxygens (including phenoxy) is 1. The van der Waals surface area contributed by atoms with Gasteiger partial charge in [0.05, 0.1) is 11.6 Å². The molecule has 2 N–H and O–H groups in total. The van der Waals surface area contributed by atoms with Crippen molar-refractivity contribution in [3.63, 3.8) is 0 Å². The standard InChI is InChI=1S/C16H23Cl2N3O2.2ClH/c1-11(12-2-4-19-5-3-12)8-15(22)20-6-7-23-16-14(18)9-13(17)10-21-16;;/h9-12,19H,2-8H2,1H3,(H,20,22);2*1H. The molecule has 0 radical (unpaired) electrons. The SMILES string of the molecule is CC(CC(=O)NCCOc1ncc(Cl)cc1Cl)C1CCNCC1.Cl.Cl. The van der Waals surface area contributed by atoms with Gasteiger partial charge in [0.2, 0.25) is 11.8 Å². The van der Waals surface area contributed by atoms with Crippen molar-refractivity contribution >= 4 is 53.9 Å². The number of amides is 1. The average Bonchev–Trinajstić information content (AvgIpc) is 2.54. The molecule has 0 bridgehead atoms. The van der Waals surface area contributed by atoms with Crippen LogP contribution in [0.4, 0.5) is 0 Å². The van der Waals surface area contributed by atoms with Crippen molar-refractivity contribution < 1.29 is 9.53 Å². The average molecular weight is 433 g/mol. The highest BCUT2D eigenvalue weighted by Gasteiger charge is 2.21. The Labute approximate surface area is 171 Å². The summed E-state index contributed by atoms with van der Waals surface area (Å²) in [5.74, 6) is 1.43. The Morgan fingerprint density at radius 3 is 2.72 bits per heavy atom. The summed E-state index contributed by atoms with van der Waals surface area (Å²) in [5, 5.41) is 7.05. The number of pyridine rings is 1. The van der Waals surface area contributed by atoms with Crippen molar-refractivity contribution in [3.05, 3.63) is 22.3 Å². The molecule has 2 heterocycles. The van der Waals surface area contributed by atoms with E-state index in [4.69, 9.17) is 27.9 Å². The first-order valence-corrected chi connectivity index (χ1v) is 8.73. The van der Waals surface area contributed by atoms with Gasteiger partial charge < -0.3 is 15.4 Å². The van der Waals surface area contributed by atoms with Gasteiger partial charge in [-0.05, 0) is 43.8 Å². The summed E-state index contributed by atoms with van der Waals surface area (Å²) in [6, 6.07) is 1.57. The van der Waals surface area contributed by atoms with E-state index in [9.17, 15) is 4.79 Å². The Bertz CT molecular complexity index is 528. The summed E-state index contributed by atoms with van der Waals surface area (Å²) in [4.78, 5) is 16.0. The third-order valence-corrected chi connectivity index (χ3v) is 4.61. The van der Waals surface area contributed by atoms with Crippen LogP contribution in [0.25, 0.3) is 0 Å². The summed E-state index contributed by atoms with van der Waals surface area (Å²) in [6.07, 6.45) is 4.34. The normalized spacial score (nSPS) is 15.5. The fraction of sp³-hybridized carbons (Fsp3) is 0.625. The first kappa shape index (κ1) is 24.5. The second-order valence-corrected chi connectivity index (χ2v) is 6.75. The fourth-order valence-corrected chi connectivity index (χ4v) is 3.23. The minimum Gasteiger partial charge on any atom is -0.475 e. The van der Waals surface area contributed by atoms with Crippen molar-refractivity contribution in [2.24, 2.45) is 11.8 Å². The first-order chi connectivity index (χ1) is 11.1. The van der Waals surface area contributed by atoms with E-state index >= 15 is 0 Å². The lowest BCUT2D eigenvalue weighted by molar-refractivity contribution is -0.122. The molecule has 0 aliphatic carbocycles. The number of rotatable bonds is 7. The van der Waals surface area contributed by atoms with Crippen LogP contribution in [0.3, 0.4) is 0 Å². The molecule has 0 saturated carbocycles. The van der Waals surface area contributed by atoms with E-state index in [1.54, 1.807) is 6.07 Å². The maximum Gasteiger partial charge on any atom is 0.232 e. The van der Waals surface area contributed by atoms with E-state index in [1.165, 1.54) is 6.20 Å². The summed E-state index contributed by atoms with van der Waals surface area (Å²) >= 11 is 11.7. The molecule has 1 aliphatic rings. The Balaban J connectivity index is 0.00000288. The molecule has 0 aromatic carbocycles. The van der Waals surface area contributed by atoms with E-state index in [2.05, 4.69) is 22.5 Å². The highest BCUT2D eigenvalue weighted by molar-refractivity contribution is 6.35. The first-order valence-electron chi connectivity index (χ1n) is 7.97. The third kappa shape index (κ3) is 8.65. The molecule has 1 amide bonds. The number of nitrogens with zero attached hydrogens (tertiary/aromatic N) is 1. The van der Waals surface area contributed by atoms with Gasteiger partial charge in [-0.15, -0.1) is 24.8 Å². The summed E-state index contributed by atoms with van der Waals surface area (Å²) < 4.78 is 5.44. The third-order valence-electron chi connectivity index (χ3n) is 4.13. The molecule has 1 aromatic heterocycles. The molecule has 1 aliphatic heterocycles. The number of aromatic nitrogens is 1. The number of halogens is 4. The van der Waals surface area contributed by atoms with Gasteiger partial charge in [0.15, 0.2) is 0 Å². The predicted octanol–water partition coefficient (Wildman–Crippen LogP) is 3.75. The zero-order valence-corrected chi connectivity index (χ0v) is 17.2. The molecule has 1 saturated heterocycles. The van der Waals surface area contributed by atoms with Crippen LogP contribution in [-0.2, 0) is 4.79 Å². The van der Waals surface area contributed by atoms with E-state index in [1.807, 2.05) is 0 Å². The van der Waals surface area contributed by atoms with Crippen molar-refractivity contribution in [1.82, 2.24) is 15.6 Å². The van der Waals surface area contributed by atoms with Crippen molar-refractivity contribution in [1.29, 1.82) is 0 Å². The highest BCUT2D eigenvalue weighted by atomic mass is 35.5. The maximum absolute atomic E-state index is 12.0. The monoisotopic (exact) mass is 431 g/mol. The second-order valence-electron chi connectivity index (χ2n) is 5.91. The molecule has 144 valence electrons. The number of carbonyl (C=O) groups is 1. The molecule has 1 unspecified atom stereocenters. The number of carbonyl (C=O) groups excluding carboxylic acids is 1. The molecule has 2 rings (SSSR count). The molecule has 1 aromatic rings. The lowest BCUT2D eigenvalue weighted by Crippen LogP contribution is -2.34. The van der Waals surface area contributed by atoms with Crippen LogP contribution in [0.15, 0.2) is 12.3 Å². The van der Waals surface area contributed by atoms with Gasteiger partial charge >= 0.3 is 0 Å². The largest absolute Gasteiger partial charge is 0.475 e. The molecular formula is C16H25Cl4N3O2. The molecule has 5 nitrogen and oxygen atoms in total. The van der Waals surface area contributed by atoms with Crippen LogP contribution >= 0.6 is 48.0 Å². The molecular weight excluding hydrogens is 408 g/mol. The number of nitrogens with one attached hydrogen (secondary N) is 2. The van der Waals surface area contributed by atoms with E-state index < -0.39 is 0 Å². The van der Waals surface area contributed by atoms with Crippen molar-refractivity contribution in [2.75, 3.05) is 26.2 Å². The van der Waals surface area contributed by atoms with Gasteiger partial charge in [-0.1, -0.05) is 30.1 Å². The topological polar surface area (TPSA) is 63.2 Å². The Morgan fingerprint density at radius 1 is 1.40 bits per heavy atom. The molecule has 25 heavy (non-hydrogen) atoms. The lowest BCUT2D eigenvalue weighted by atomic mass is 9.84. The fourth-order valence-electron chi connectivity index (χ4n) is 2.79. The minimum atomic E-state index is 0. The van der Waals surface area contributed by atoms with Crippen LogP contribution in [0.1, 0.15) is 26.2 Å². The van der Waals surface area contributed by atoms with Gasteiger partial charge in [0, 0.05) is 12.6 Å². The minimum absolute atomic E-state index is 0. The van der Waals surface area contributed by atoms with E-state index in [0.29, 0.717) is 47.3 Å². The number of piperidine rings is 1. The Morgan fingerprint density at radius 2 is 2.08 bits per heavy atom. The highest BCUT2D eigenvalue weighted by Crippen LogP contribution is 2.25. The van der Waals surface area contributed by atoms with Crippen molar-refractivity contribution in [2.45, 2.75) is 26.2 Å². The van der Waals surface area contributed by atoms with Crippen LogP contribution in [0.2, 0.25) is 10.0 Å². The smallest absolute Gasteiger partial charge is 0.232 e. The second kappa shape index (κ2) is 12.8. The number of hydrogen-bond donors (Lipinski definition) is 2. The molecule has 1 fully saturated rings. The van der Waals surface area contributed by atoms with Crippen LogP contribution in [-0.4, -0.2) is 37.1 Å². The van der Waals surface area contributed by atoms with Crippen LogP contribution < -0.4 is 15.4 Å². The van der Waals surface area contributed by atoms with Gasteiger partial charge in [0.1, 0.15) is 11.6 Å². The van der Waals surface area contributed by atoms with Gasteiger partial charge in [-0.2, -0.15) is 0 Å². The van der Waals surface area contributed by atoms with Gasteiger partial charge in [-0.25, -0.2) is 4.98 Å². The molecule has 1 atom stereocenters. The summed E-state index contributed by atoms with van der Waals surface area (Å²) in [7, 11) is 0. The quantitative estimate of drug-likeness (QED) is 0.644. The van der Waals surface area contributed by atoms with E-state index in [0.717, 1.165) is 25.9 Å². The van der Waals surface area contributed by atoms with Gasteiger partial charge in [0.25, 0.3) is 0 Å². The van der Waals surface area contributed by atoms with Crippen molar-refractivity contribution in [3.8, 4) is 5.88 Å². The summed E-state index contributed by atoms with van der Waals surface area (Å²) in [6.45, 7) is 5.02. The lowest BCUT2D eigenvalue weighted by Gasteiger charge is -2.27. The van der Waals surface area contributed by atoms with Crippen LogP contribution in [0, 0.1) is 11.8 Å². The zero-order chi connectivity index (χ0) is 16.7. The Kier molecular flexibility index (Phi) is 12.6. The molecule has 9 heteroatoms. The zero-order valence-electron chi connectivity index (χ0n) is 14.1. The van der Waals surface area contributed by atoms with Gasteiger partial charge in [-0.3, -0.25) is 4.79 Å². The maximum atomic E-state index is 12.0. The summed E-state index contributed by atoms with van der Waals surface area (Å²) in [5.41, 5.74) is 0. The van der Waals surface area contributed by atoms with E-state index in [-0.39, 0.29) is 30.7 Å². The van der Waals surface area contributed by atoms with Crippen LogP contribution in [0.5, 0.6) is 5.88 Å². The Hall–Kier alpha value is -0.460. The molecule has 0 spiro atoms. The predicted molar refractivity (Wildman–Crippen MR) is 107 cm³/mol. The number of hydrogen-bond acceptors (Lipinski definition) is 4.